The molecule has 0 aliphatic rings. The Morgan fingerprint density at radius 2 is 2.00 bits per heavy atom. The molecule has 2 aromatic carbocycles. The van der Waals surface area contributed by atoms with Crippen LogP contribution in [-0.4, -0.2) is 32.5 Å². The number of nitrogens with zero attached hydrogens (tertiary/aromatic N) is 4. The Morgan fingerprint density at radius 3 is 2.65 bits per heavy atom. The van der Waals surface area contributed by atoms with Gasteiger partial charge in [0.1, 0.15) is 12.1 Å². The first-order valence-electron chi connectivity index (χ1n) is 7.33. The first-order valence-corrected chi connectivity index (χ1v) is 7.33. The number of halogens is 3. The summed E-state index contributed by atoms with van der Waals surface area (Å²) in [4.78, 5) is 12.3. The maximum atomic E-state index is 12.3. The zero-order chi connectivity index (χ0) is 18.7. The van der Waals surface area contributed by atoms with E-state index in [0.29, 0.717) is 11.3 Å². The molecule has 3 rings (SSSR count). The molecule has 1 aromatic heterocycles. The van der Waals surface area contributed by atoms with E-state index in [9.17, 15) is 18.0 Å². The summed E-state index contributed by atoms with van der Waals surface area (Å²) in [5.74, 6) is -0.888. The number of nitrogens with one attached hydrogen (secondary N) is 1. The number of tetrazole rings is 1. The van der Waals surface area contributed by atoms with Crippen LogP contribution < -0.4 is 10.1 Å². The fourth-order valence-electron chi connectivity index (χ4n) is 2.30. The van der Waals surface area contributed by atoms with Crippen LogP contribution in [0.2, 0.25) is 0 Å². The number of ether oxygens (including phenoxy) is 1. The number of rotatable bonds is 4. The fraction of sp³-hybridized carbons (Fsp3) is 0.125. The minimum atomic E-state index is -4.80. The molecule has 1 heterocycles. The second-order valence-electron chi connectivity index (χ2n) is 5.29. The van der Waals surface area contributed by atoms with Crippen molar-refractivity contribution < 1.29 is 22.7 Å². The minimum Gasteiger partial charge on any atom is -0.406 e. The molecule has 7 nitrogen and oxygen atoms in total. The number of aryl methyl sites for hydroxylation is 1. The predicted molar refractivity (Wildman–Crippen MR) is 85.0 cm³/mol. The number of carbonyl (C=O) groups is 1. The smallest absolute Gasteiger partial charge is 0.406 e. The Labute approximate surface area is 145 Å². The molecule has 0 saturated heterocycles. The van der Waals surface area contributed by atoms with Crippen molar-refractivity contribution in [2.45, 2.75) is 13.3 Å². The highest BCUT2D eigenvalue weighted by Crippen LogP contribution is 2.25. The topological polar surface area (TPSA) is 81.9 Å². The maximum Gasteiger partial charge on any atom is 0.573 e. The predicted octanol–water partition coefficient (Wildman–Crippen LogP) is 3.12. The van der Waals surface area contributed by atoms with Crippen LogP contribution in [0.3, 0.4) is 0 Å². The van der Waals surface area contributed by atoms with E-state index in [4.69, 9.17) is 0 Å². The van der Waals surface area contributed by atoms with Gasteiger partial charge in [0.25, 0.3) is 5.91 Å². The Morgan fingerprint density at radius 1 is 1.19 bits per heavy atom. The average Bonchev–Trinajstić information content (AvgIpc) is 3.07. The quantitative estimate of drug-likeness (QED) is 0.770. The van der Waals surface area contributed by atoms with Gasteiger partial charge in [-0.25, -0.2) is 4.68 Å². The highest BCUT2D eigenvalue weighted by Gasteiger charge is 2.31. The highest BCUT2D eigenvalue weighted by molar-refractivity contribution is 6.04. The lowest BCUT2D eigenvalue weighted by Gasteiger charge is -2.11. The highest BCUT2D eigenvalue weighted by atomic mass is 19.4. The summed E-state index contributed by atoms with van der Waals surface area (Å²) in [6.45, 7) is 1.78. The van der Waals surface area contributed by atoms with Crippen LogP contribution in [0, 0.1) is 6.92 Å². The molecule has 134 valence electrons. The third-order valence-electron chi connectivity index (χ3n) is 3.38. The lowest BCUT2D eigenvalue weighted by Crippen LogP contribution is -2.17. The van der Waals surface area contributed by atoms with Crippen molar-refractivity contribution in [3.05, 3.63) is 59.9 Å². The van der Waals surface area contributed by atoms with E-state index in [1.165, 1.54) is 23.1 Å². The monoisotopic (exact) mass is 363 g/mol. The van der Waals surface area contributed by atoms with E-state index in [1.54, 1.807) is 25.1 Å². The van der Waals surface area contributed by atoms with Crippen LogP contribution in [0.25, 0.3) is 5.69 Å². The van der Waals surface area contributed by atoms with Crippen LogP contribution in [0.5, 0.6) is 5.75 Å². The molecule has 1 N–H and O–H groups in total. The van der Waals surface area contributed by atoms with Gasteiger partial charge in [-0.15, -0.1) is 18.3 Å². The van der Waals surface area contributed by atoms with Crippen LogP contribution >= 0.6 is 0 Å². The number of carbonyl (C=O) groups excluding carboxylic acids is 1. The summed E-state index contributed by atoms with van der Waals surface area (Å²) in [5, 5.41) is 13.4. The van der Waals surface area contributed by atoms with Crippen molar-refractivity contribution in [2.24, 2.45) is 0 Å². The molecule has 0 saturated carbocycles. The normalized spacial score (nSPS) is 11.2. The van der Waals surface area contributed by atoms with E-state index in [1.807, 2.05) is 0 Å². The molecule has 1 amide bonds. The van der Waals surface area contributed by atoms with E-state index >= 15 is 0 Å². The van der Waals surface area contributed by atoms with Gasteiger partial charge < -0.3 is 10.1 Å². The number of hydrogen-bond acceptors (Lipinski definition) is 5. The largest absolute Gasteiger partial charge is 0.573 e. The van der Waals surface area contributed by atoms with E-state index in [2.05, 4.69) is 25.6 Å². The minimum absolute atomic E-state index is 0.180. The molecule has 0 aliphatic carbocycles. The molecule has 0 spiro atoms. The first kappa shape index (κ1) is 17.4. The van der Waals surface area contributed by atoms with Crippen LogP contribution in [0.1, 0.15) is 15.9 Å². The lowest BCUT2D eigenvalue weighted by atomic mass is 10.1. The summed E-state index contributed by atoms with van der Waals surface area (Å²) in [6.07, 6.45) is -3.37. The molecule has 3 aromatic rings. The molecule has 0 fully saturated rings. The van der Waals surface area contributed by atoms with Crippen molar-refractivity contribution in [1.29, 1.82) is 0 Å². The van der Waals surface area contributed by atoms with Gasteiger partial charge in [0.05, 0.1) is 5.69 Å². The van der Waals surface area contributed by atoms with Gasteiger partial charge in [-0.05, 0) is 53.2 Å². The Balaban J connectivity index is 1.76. The van der Waals surface area contributed by atoms with Crippen molar-refractivity contribution in [3.63, 3.8) is 0 Å². The number of amides is 1. The summed E-state index contributed by atoms with van der Waals surface area (Å²) >= 11 is 0. The Hall–Kier alpha value is -3.43. The number of benzene rings is 2. The Bertz CT molecular complexity index is 926. The molecule has 10 heteroatoms. The van der Waals surface area contributed by atoms with Crippen LogP contribution in [-0.2, 0) is 0 Å². The number of aromatic nitrogens is 4. The molecular formula is C16H12F3N5O2. The van der Waals surface area contributed by atoms with Gasteiger partial charge in [0.2, 0.25) is 0 Å². The van der Waals surface area contributed by atoms with Crippen LogP contribution in [0.15, 0.2) is 48.8 Å². The Kier molecular flexibility index (Phi) is 4.57. The first-order chi connectivity index (χ1) is 12.3. The molecule has 0 atom stereocenters. The van der Waals surface area contributed by atoms with Gasteiger partial charge in [-0.3, -0.25) is 4.79 Å². The van der Waals surface area contributed by atoms with Gasteiger partial charge in [0.15, 0.2) is 0 Å². The molecular weight excluding hydrogens is 351 g/mol. The second kappa shape index (κ2) is 6.82. The van der Waals surface area contributed by atoms with Gasteiger partial charge in [-0.1, -0.05) is 6.07 Å². The van der Waals surface area contributed by atoms with Crippen molar-refractivity contribution in [2.75, 3.05) is 5.32 Å². The van der Waals surface area contributed by atoms with Gasteiger partial charge in [0, 0.05) is 17.3 Å². The molecule has 0 radical (unpaired) electrons. The van der Waals surface area contributed by atoms with E-state index in [-0.39, 0.29) is 5.69 Å². The maximum absolute atomic E-state index is 12.3. The molecule has 0 aliphatic heterocycles. The third kappa shape index (κ3) is 4.15. The standard InChI is InChI=1S/C16H12F3N5O2/c1-10-7-11(5-6-14(10)24-9-20-22-23-24)15(25)21-12-3-2-4-13(8-12)26-16(17,18)19/h2-9H,1H3,(H,21,25). The average molecular weight is 363 g/mol. The van der Waals surface area contributed by atoms with Gasteiger partial charge in [-0.2, -0.15) is 0 Å². The summed E-state index contributed by atoms with van der Waals surface area (Å²) in [6, 6.07) is 9.91. The summed E-state index contributed by atoms with van der Waals surface area (Å²) in [7, 11) is 0. The van der Waals surface area contributed by atoms with E-state index < -0.39 is 18.0 Å². The van der Waals surface area contributed by atoms with Crippen molar-refractivity contribution >= 4 is 11.6 Å². The fourth-order valence-corrected chi connectivity index (χ4v) is 2.30. The molecule has 0 unspecified atom stereocenters. The lowest BCUT2D eigenvalue weighted by molar-refractivity contribution is -0.274. The van der Waals surface area contributed by atoms with Gasteiger partial charge >= 0.3 is 6.36 Å². The molecule has 0 bridgehead atoms. The zero-order valence-electron chi connectivity index (χ0n) is 13.4. The number of hydrogen-bond donors (Lipinski definition) is 1. The third-order valence-corrected chi connectivity index (χ3v) is 3.38. The zero-order valence-corrected chi connectivity index (χ0v) is 13.4. The number of alkyl halides is 3. The van der Waals surface area contributed by atoms with Crippen LogP contribution in [0.4, 0.5) is 18.9 Å². The van der Waals surface area contributed by atoms with Crippen molar-refractivity contribution in [3.8, 4) is 11.4 Å². The summed E-state index contributed by atoms with van der Waals surface area (Å²) in [5.41, 5.74) is 1.96. The number of anilines is 1. The summed E-state index contributed by atoms with van der Waals surface area (Å²) < 4.78 is 42.1. The SMILES string of the molecule is Cc1cc(C(=O)Nc2cccc(OC(F)(F)F)c2)ccc1-n1cnnn1. The molecule has 26 heavy (non-hydrogen) atoms. The van der Waals surface area contributed by atoms with Crippen molar-refractivity contribution in [1.82, 2.24) is 20.2 Å². The second-order valence-corrected chi connectivity index (χ2v) is 5.29. The van der Waals surface area contributed by atoms with E-state index in [0.717, 1.165) is 17.7 Å².